The van der Waals surface area contributed by atoms with E-state index in [1.165, 1.54) is 0 Å². The standard InChI is InChI=1S/C7H5O2.Hg.H/c8-7(9)6-4-2-1-3-5-6;;/h1-4H,(H,8,9);;. The summed E-state index contributed by atoms with van der Waals surface area (Å²) in [5.41, 5.74) is 0.476. The summed E-state index contributed by atoms with van der Waals surface area (Å²) in [6, 6.07) is 7.16. The van der Waals surface area contributed by atoms with Crippen LogP contribution < -0.4 is 3.07 Å². The quantitative estimate of drug-likeness (QED) is 0.755. The van der Waals surface area contributed by atoms with Gasteiger partial charge < -0.3 is 0 Å². The van der Waals surface area contributed by atoms with Gasteiger partial charge in [0, 0.05) is 0 Å². The first-order chi connectivity index (χ1) is 4.72. The fourth-order valence-electron chi connectivity index (χ4n) is 0.813. The fraction of sp³-hybridized carbons (Fsp3) is 0. The zero-order valence-corrected chi connectivity index (χ0v) is 13.4. The molecule has 0 unspecified atom stereocenters. The van der Waals surface area contributed by atoms with Gasteiger partial charge in [0.2, 0.25) is 0 Å². The van der Waals surface area contributed by atoms with Crippen molar-refractivity contribution in [2.75, 3.05) is 0 Å². The van der Waals surface area contributed by atoms with Crippen molar-refractivity contribution in [3.8, 4) is 0 Å². The van der Waals surface area contributed by atoms with Gasteiger partial charge in [0.25, 0.3) is 0 Å². The topological polar surface area (TPSA) is 37.3 Å². The van der Waals surface area contributed by atoms with Crippen LogP contribution in [0.1, 0.15) is 10.4 Å². The molecule has 1 rings (SSSR count). The van der Waals surface area contributed by atoms with E-state index in [0.717, 1.165) is 3.07 Å². The molecule has 0 spiro atoms. The number of carboxylic acids is 1. The molecule has 0 saturated heterocycles. The van der Waals surface area contributed by atoms with Gasteiger partial charge in [-0.25, -0.2) is 0 Å². The van der Waals surface area contributed by atoms with Crippen LogP contribution in [0.2, 0.25) is 0 Å². The van der Waals surface area contributed by atoms with E-state index >= 15 is 0 Å². The van der Waals surface area contributed by atoms with Crippen LogP contribution in [0.3, 0.4) is 0 Å². The van der Waals surface area contributed by atoms with Crippen LogP contribution in [0.5, 0.6) is 0 Å². The third-order valence-corrected chi connectivity index (χ3v) is 4.77. The van der Waals surface area contributed by atoms with Crippen molar-refractivity contribution in [1.29, 1.82) is 0 Å². The van der Waals surface area contributed by atoms with Gasteiger partial charge >= 0.3 is 74.9 Å². The van der Waals surface area contributed by atoms with Gasteiger partial charge in [0.15, 0.2) is 0 Å². The summed E-state index contributed by atoms with van der Waals surface area (Å²) in [4.78, 5) is 10.5. The molecule has 10 heavy (non-hydrogen) atoms. The van der Waals surface area contributed by atoms with Gasteiger partial charge in [-0.2, -0.15) is 0 Å². The average molecular weight is 323 g/mol. The first kappa shape index (κ1) is 7.73. The second-order valence-corrected chi connectivity index (χ2v) is 6.31. The Kier molecular flexibility index (Phi) is 2.43. The van der Waals surface area contributed by atoms with Crippen LogP contribution in [0.25, 0.3) is 0 Å². The van der Waals surface area contributed by atoms with Crippen molar-refractivity contribution in [3.05, 3.63) is 29.8 Å². The predicted octanol–water partition coefficient (Wildman–Crippen LogP) is 0.289. The molecule has 0 aliphatic rings. The van der Waals surface area contributed by atoms with E-state index < -0.39 is 5.97 Å². The van der Waals surface area contributed by atoms with E-state index in [-0.39, 0.29) is 26.1 Å². The van der Waals surface area contributed by atoms with E-state index in [4.69, 9.17) is 5.11 Å². The summed E-state index contributed by atoms with van der Waals surface area (Å²) < 4.78 is 1.02. The van der Waals surface area contributed by atoms with Crippen molar-refractivity contribution in [2.45, 2.75) is 0 Å². The number of hydrogen-bond acceptors (Lipinski definition) is 1. The molecule has 0 fully saturated rings. The molecule has 0 bridgehead atoms. The first-order valence-electron chi connectivity index (χ1n) is 3.01. The predicted molar refractivity (Wildman–Crippen MR) is 34.4 cm³/mol. The van der Waals surface area contributed by atoms with Crippen LogP contribution in [0.4, 0.5) is 0 Å². The van der Waals surface area contributed by atoms with Crippen LogP contribution >= 0.6 is 0 Å². The second-order valence-electron chi connectivity index (χ2n) is 2.12. The van der Waals surface area contributed by atoms with Crippen molar-refractivity contribution < 1.29 is 36.0 Å². The van der Waals surface area contributed by atoms with Gasteiger partial charge in [0.1, 0.15) is 0 Å². The molecule has 0 aliphatic heterocycles. The van der Waals surface area contributed by atoms with Gasteiger partial charge in [-0.05, 0) is 0 Å². The Morgan fingerprint density at radius 2 is 2.00 bits per heavy atom. The summed E-state index contributed by atoms with van der Waals surface area (Å²) in [5.74, 6) is -0.807. The monoisotopic (exact) mass is 324 g/mol. The average Bonchev–Trinajstić information content (AvgIpc) is 1.88. The van der Waals surface area contributed by atoms with Crippen molar-refractivity contribution in [2.24, 2.45) is 0 Å². The third kappa shape index (κ3) is 1.56. The SMILES string of the molecule is O=C(O)c1cccc[c]1[HgH]. The van der Waals surface area contributed by atoms with Crippen LogP contribution in [0, 0.1) is 0 Å². The molecule has 3 heteroatoms. The Balaban J connectivity index is 3.15. The number of hydrogen-bond donors (Lipinski definition) is 1. The Labute approximate surface area is 74.8 Å². The number of carboxylic acid groups (broad SMARTS) is 1. The Morgan fingerprint density at radius 3 is 2.40 bits per heavy atom. The molecule has 0 heterocycles. The van der Waals surface area contributed by atoms with E-state index in [9.17, 15) is 4.79 Å². The molecule has 0 saturated carbocycles. The Morgan fingerprint density at radius 1 is 1.40 bits per heavy atom. The maximum atomic E-state index is 10.5. The van der Waals surface area contributed by atoms with Crippen molar-refractivity contribution >= 4 is 9.04 Å². The molecule has 1 N–H and O–H groups in total. The number of carbonyl (C=O) groups is 1. The second kappa shape index (κ2) is 3.15. The molecular formula is C7H6HgO2. The molecule has 1 aromatic carbocycles. The van der Waals surface area contributed by atoms with Gasteiger partial charge in [-0.1, -0.05) is 0 Å². The van der Waals surface area contributed by atoms with E-state index in [0.29, 0.717) is 5.56 Å². The van der Waals surface area contributed by atoms with Gasteiger partial charge in [-0.3, -0.25) is 0 Å². The zero-order valence-electron chi connectivity index (χ0n) is 5.66. The Bertz CT molecular complexity index is 258. The minimum atomic E-state index is -0.807. The number of rotatable bonds is 1. The molecule has 1 aromatic rings. The summed E-state index contributed by atoms with van der Waals surface area (Å²) >= 11 is 0.199. The van der Waals surface area contributed by atoms with Crippen LogP contribution in [-0.2, 0) is 26.1 Å². The zero-order chi connectivity index (χ0) is 7.56. The maximum absolute atomic E-state index is 10.5. The molecule has 48 valence electrons. The molecule has 0 atom stereocenters. The first-order valence-corrected chi connectivity index (χ1v) is 6.89. The van der Waals surface area contributed by atoms with E-state index in [1.54, 1.807) is 12.1 Å². The van der Waals surface area contributed by atoms with Crippen molar-refractivity contribution in [3.63, 3.8) is 0 Å². The molecule has 2 nitrogen and oxygen atoms in total. The minimum absolute atomic E-state index is 0.199. The van der Waals surface area contributed by atoms with Gasteiger partial charge in [0.05, 0.1) is 0 Å². The molecule has 0 amide bonds. The molecule has 0 aliphatic carbocycles. The summed E-state index contributed by atoms with van der Waals surface area (Å²) in [6.45, 7) is 0. The van der Waals surface area contributed by atoms with Crippen LogP contribution in [-0.4, -0.2) is 11.1 Å². The fourth-order valence-corrected chi connectivity index (χ4v) is 3.04. The van der Waals surface area contributed by atoms with E-state index in [2.05, 4.69) is 0 Å². The summed E-state index contributed by atoms with van der Waals surface area (Å²) in [5, 5.41) is 8.60. The Hall–Kier alpha value is -0.375. The third-order valence-electron chi connectivity index (χ3n) is 1.38. The number of aromatic carboxylic acids is 1. The van der Waals surface area contributed by atoms with Crippen LogP contribution in [0.15, 0.2) is 24.3 Å². The summed E-state index contributed by atoms with van der Waals surface area (Å²) in [6.07, 6.45) is 0. The normalized spacial score (nSPS) is 9.10. The van der Waals surface area contributed by atoms with Crippen molar-refractivity contribution in [1.82, 2.24) is 0 Å². The van der Waals surface area contributed by atoms with Gasteiger partial charge in [-0.15, -0.1) is 0 Å². The number of benzene rings is 1. The summed E-state index contributed by atoms with van der Waals surface area (Å²) in [7, 11) is 0. The molecule has 0 radical (unpaired) electrons. The molecule has 0 aromatic heterocycles. The molecular weight excluding hydrogens is 317 g/mol. The van der Waals surface area contributed by atoms with E-state index in [1.807, 2.05) is 12.1 Å².